The molecule has 0 aromatic heterocycles. The number of hydrogen-bond donors (Lipinski definition) is 1. The smallest absolute Gasteiger partial charge is 0.324 e. The van der Waals surface area contributed by atoms with E-state index >= 15 is 0 Å². The Balaban J connectivity index is 2.46. The summed E-state index contributed by atoms with van der Waals surface area (Å²) in [6, 6.07) is 9.51. The number of halogens is 1. The summed E-state index contributed by atoms with van der Waals surface area (Å²) in [5.41, 5.74) is 0.919. The monoisotopic (exact) mass is 272 g/mol. The van der Waals surface area contributed by atoms with Gasteiger partial charge >= 0.3 is 5.97 Å². The standard InChI is InChI=1S/C11H14BrNO2/c1-13-7-8-15-11(14)10(12)9-5-3-2-4-6-9/h2-6,10,13H,7-8H2,1H3/p+1. The Hall–Kier alpha value is -0.870. The lowest BCUT2D eigenvalue weighted by atomic mass is 10.1. The number of ether oxygens (including phenoxy) is 1. The van der Waals surface area contributed by atoms with Gasteiger partial charge in [-0.2, -0.15) is 0 Å². The van der Waals surface area contributed by atoms with E-state index in [9.17, 15) is 4.79 Å². The second kappa shape index (κ2) is 6.58. The molecule has 1 rings (SSSR count). The SMILES string of the molecule is C[NH2+]CCOC(=O)C(Br)c1ccccc1. The third-order valence-corrected chi connectivity index (χ3v) is 2.85. The van der Waals surface area contributed by atoms with Crippen LogP contribution in [-0.2, 0) is 9.53 Å². The van der Waals surface area contributed by atoms with E-state index < -0.39 is 0 Å². The zero-order chi connectivity index (χ0) is 11.1. The fourth-order valence-electron chi connectivity index (χ4n) is 1.11. The highest BCUT2D eigenvalue weighted by Crippen LogP contribution is 2.23. The second-order valence-corrected chi connectivity index (χ2v) is 4.05. The van der Waals surface area contributed by atoms with Crippen molar-refractivity contribution in [2.45, 2.75) is 4.83 Å². The van der Waals surface area contributed by atoms with Gasteiger partial charge in [0.1, 0.15) is 18.0 Å². The minimum atomic E-state index is -0.365. The van der Waals surface area contributed by atoms with Crippen molar-refractivity contribution in [3.8, 4) is 0 Å². The number of carbonyl (C=O) groups excluding carboxylic acids is 1. The van der Waals surface area contributed by atoms with Crippen LogP contribution in [0.3, 0.4) is 0 Å². The average Bonchev–Trinajstić information content (AvgIpc) is 2.29. The molecule has 0 fully saturated rings. The van der Waals surface area contributed by atoms with Gasteiger partial charge in [-0.1, -0.05) is 46.3 Å². The molecule has 0 heterocycles. The minimum Gasteiger partial charge on any atom is -0.459 e. The van der Waals surface area contributed by atoms with Crippen LogP contribution in [0.1, 0.15) is 10.4 Å². The van der Waals surface area contributed by atoms with E-state index in [2.05, 4.69) is 15.9 Å². The van der Waals surface area contributed by atoms with Gasteiger partial charge in [0.25, 0.3) is 0 Å². The Morgan fingerprint density at radius 1 is 1.47 bits per heavy atom. The first-order valence-corrected chi connectivity index (χ1v) is 5.80. The van der Waals surface area contributed by atoms with Crippen molar-refractivity contribution in [1.82, 2.24) is 0 Å². The average molecular weight is 273 g/mol. The Bertz CT molecular complexity index is 303. The third-order valence-electron chi connectivity index (χ3n) is 1.95. The molecule has 0 aliphatic carbocycles. The predicted molar refractivity (Wildman–Crippen MR) is 61.8 cm³/mol. The zero-order valence-electron chi connectivity index (χ0n) is 8.65. The molecule has 0 amide bonds. The van der Waals surface area contributed by atoms with E-state index in [4.69, 9.17) is 4.74 Å². The summed E-state index contributed by atoms with van der Waals surface area (Å²) in [4.78, 5) is 11.2. The van der Waals surface area contributed by atoms with Crippen molar-refractivity contribution in [3.63, 3.8) is 0 Å². The molecule has 0 saturated heterocycles. The largest absolute Gasteiger partial charge is 0.459 e. The predicted octanol–water partition coefficient (Wildman–Crippen LogP) is 0.859. The van der Waals surface area contributed by atoms with Crippen LogP contribution in [0.15, 0.2) is 30.3 Å². The fraction of sp³-hybridized carbons (Fsp3) is 0.364. The summed E-state index contributed by atoms with van der Waals surface area (Å²) >= 11 is 3.32. The summed E-state index contributed by atoms with van der Waals surface area (Å²) in [6.07, 6.45) is 0. The molecule has 15 heavy (non-hydrogen) atoms. The molecule has 0 spiro atoms. The van der Waals surface area contributed by atoms with E-state index in [0.717, 1.165) is 12.1 Å². The van der Waals surface area contributed by atoms with Crippen LogP contribution in [0.5, 0.6) is 0 Å². The minimum absolute atomic E-state index is 0.233. The van der Waals surface area contributed by atoms with E-state index in [1.165, 1.54) is 0 Å². The van der Waals surface area contributed by atoms with Crippen LogP contribution < -0.4 is 5.32 Å². The topological polar surface area (TPSA) is 42.9 Å². The van der Waals surface area contributed by atoms with Crippen molar-refractivity contribution >= 4 is 21.9 Å². The quantitative estimate of drug-likeness (QED) is 0.491. The number of nitrogens with two attached hydrogens (primary N) is 1. The number of quaternary nitrogens is 1. The Morgan fingerprint density at radius 3 is 2.73 bits per heavy atom. The molecule has 0 aliphatic heterocycles. The zero-order valence-corrected chi connectivity index (χ0v) is 10.2. The molecule has 2 N–H and O–H groups in total. The van der Waals surface area contributed by atoms with Crippen molar-refractivity contribution < 1.29 is 14.8 Å². The van der Waals surface area contributed by atoms with Crippen molar-refractivity contribution in [2.24, 2.45) is 0 Å². The van der Waals surface area contributed by atoms with Gasteiger partial charge < -0.3 is 10.1 Å². The Kier molecular flexibility index (Phi) is 5.36. The van der Waals surface area contributed by atoms with Gasteiger partial charge in [0.2, 0.25) is 0 Å². The summed E-state index contributed by atoms with van der Waals surface area (Å²) in [6.45, 7) is 1.24. The summed E-state index contributed by atoms with van der Waals surface area (Å²) in [7, 11) is 1.94. The molecule has 0 aliphatic rings. The van der Waals surface area contributed by atoms with E-state index in [1.54, 1.807) is 0 Å². The van der Waals surface area contributed by atoms with Crippen LogP contribution >= 0.6 is 15.9 Å². The van der Waals surface area contributed by atoms with E-state index in [1.807, 2.05) is 42.7 Å². The number of carbonyl (C=O) groups is 1. The molecule has 3 nitrogen and oxygen atoms in total. The van der Waals surface area contributed by atoms with E-state index in [0.29, 0.717) is 6.61 Å². The summed E-state index contributed by atoms with van der Waals surface area (Å²) < 4.78 is 5.08. The van der Waals surface area contributed by atoms with Crippen LogP contribution in [0.4, 0.5) is 0 Å². The molecule has 0 radical (unpaired) electrons. The lowest BCUT2D eigenvalue weighted by Crippen LogP contribution is -2.80. The molecule has 1 atom stereocenters. The number of alkyl halides is 1. The molecular weight excluding hydrogens is 258 g/mol. The lowest BCUT2D eigenvalue weighted by molar-refractivity contribution is -0.628. The molecule has 1 unspecified atom stereocenters. The molecule has 1 aromatic carbocycles. The number of hydrogen-bond acceptors (Lipinski definition) is 2. The maximum atomic E-state index is 11.5. The fourth-order valence-corrected chi connectivity index (χ4v) is 1.55. The van der Waals surface area contributed by atoms with Crippen molar-refractivity contribution in [1.29, 1.82) is 0 Å². The molecule has 0 bridgehead atoms. The number of likely N-dealkylation sites (N-methyl/N-ethyl adjacent to an activating group) is 1. The van der Waals surface area contributed by atoms with Gasteiger partial charge in [-0.3, -0.25) is 4.79 Å². The van der Waals surface area contributed by atoms with Crippen LogP contribution in [-0.4, -0.2) is 26.2 Å². The molecule has 0 saturated carbocycles. The first-order chi connectivity index (χ1) is 7.25. The third kappa shape index (κ3) is 4.01. The summed E-state index contributed by atoms with van der Waals surface area (Å²) in [5.74, 6) is -0.233. The Labute approximate surface area is 97.9 Å². The van der Waals surface area contributed by atoms with Gasteiger partial charge in [-0.25, -0.2) is 0 Å². The first-order valence-electron chi connectivity index (χ1n) is 4.89. The first kappa shape index (κ1) is 12.2. The van der Waals surface area contributed by atoms with Gasteiger partial charge in [-0.05, 0) is 5.56 Å². The van der Waals surface area contributed by atoms with Crippen LogP contribution in [0.2, 0.25) is 0 Å². The number of rotatable bonds is 5. The van der Waals surface area contributed by atoms with Crippen molar-refractivity contribution in [2.75, 3.05) is 20.2 Å². The van der Waals surface area contributed by atoms with Crippen LogP contribution in [0, 0.1) is 0 Å². The summed E-state index contributed by atoms with van der Waals surface area (Å²) in [5, 5.41) is 1.97. The van der Waals surface area contributed by atoms with E-state index in [-0.39, 0.29) is 10.8 Å². The lowest BCUT2D eigenvalue weighted by Gasteiger charge is -2.09. The van der Waals surface area contributed by atoms with Gasteiger partial charge in [0.05, 0.1) is 7.05 Å². The maximum Gasteiger partial charge on any atom is 0.324 e. The van der Waals surface area contributed by atoms with Gasteiger partial charge in [0.15, 0.2) is 0 Å². The van der Waals surface area contributed by atoms with Gasteiger partial charge in [-0.15, -0.1) is 0 Å². The Morgan fingerprint density at radius 2 is 2.13 bits per heavy atom. The maximum absolute atomic E-state index is 11.5. The second-order valence-electron chi connectivity index (χ2n) is 3.14. The number of esters is 1. The highest BCUT2D eigenvalue weighted by atomic mass is 79.9. The normalized spacial score (nSPS) is 12.1. The number of benzene rings is 1. The molecule has 4 heteroatoms. The molecular formula is C11H15BrNO2+. The highest BCUT2D eigenvalue weighted by Gasteiger charge is 2.17. The van der Waals surface area contributed by atoms with Crippen LogP contribution in [0.25, 0.3) is 0 Å². The molecule has 1 aromatic rings. The van der Waals surface area contributed by atoms with Gasteiger partial charge in [0, 0.05) is 0 Å². The highest BCUT2D eigenvalue weighted by molar-refractivity contribution is 9.09. The molecule has 82 valence electrons. The van der Waals surface area contributed by atoms with Crippen molar-refractivity contribution in [3.05, 3.63) is 35.9 Å².